The van der Waals surface area contributed by atoms with Crippen molar-refractivity contribution in [3.05, 3.63) is 146 Å². The van der Waals surface area contributed by atoms with E-state index in [1.807, 2.05) is 0 Å². The highest BCUT2D eigenvalue weighted by Gasteiger charge is 2.25. The average molecular weight is 954 g/mol. The van der Waals surface area contributed by atoms with E-state index < -0.39 is 18.1 Å². The van der Waals surface area contributed by atoms with E-state index in [1.165, 1.54) is 0 Å². The number of carboxylic acid groups (broad SMARTS) is 1. The van der Waals surface area contributed by atoms with Gasteiger partial charge in [0.15, 0.2) is 6.10 Å². The minimum absolute atomic E-state index is 0.00715. The summed E-state index contributed by atoms with van der Waals surface area (Å²) < 4.78 is 17.2. The Balaban J connectivity index is 4.41. The van der Waals surface area contributed by atoms with Gasteiger partial charge in [-0.15, -0.1) is 0 Å². The summed E-state index contributed by atoms with van der Waals surface area (Å²) in [7, 11) is 5.38. The Labute approximate surface area is 421 Å². The number of aliphatic carboxylic acids is 1. The van der Waals surface area contributed by atoms with Crippen molar-refractivity contribution in [3.63, 3.8) is 0 Å². The molecule has 0 saturated heterocycles. The molecule has 0 fully saturated rings. The van der Waals surface area contributed by atoms with E-state index in [9.17, 15) is 19.5 Å². The van der Waals surface area contributed by atoms with Gasteiger partial charge < -0.3 is 28.6 Å². The molecule has 0 aromatic carbocycles. The monoisotopic (exact) mass is 954 g/mol. The molecule has 0 heterocycles. The maximum atomic E-state index is 12.8. The van der Waals surface area contributed by atoms with Crippen molar-refractivity contribution in [3.8, 4) is 0 Å². The zero-order chi connectivity index (χ0) is 50.6. The van der Waals surface area contributed by atoms with Crippen LogP contribution in [-0.2, 0) is 28.6 Å². The van der Waals surface area contributed by atoms with Gasteiger partial charge in [-0.05, 0) is 116 Å². The van der Waals surface area contributed by atoms with E-state index in [1.54, 1.807) is 21.1 Å². The molecule has 0 N–H and O–H groups in total. The standard InChI is InChI=1S/C61H95NO7/c1-6-8-10-12-14-16-18-20-22-24-26-28-30-32-33-35-37-39-41-43-45-47-49-51-59(63)68-56-57(55-67-54-53-58(61(65)66)62(3,4)5)69-60(64)52-50-48-46-44-42-40-38-36-34-31-29-27-25-23-21-19-17-15-13-11-9-7-2/h8-11,14-17,20-23,26-29,32-34,36-37,39-40,42,57-58H,6-7,12-13,18-19,24-25,30-31,35,38,41,43-56H2,1-5H3/b10-8+,11-9+,16-14+,17-15+,22-20+,23-21+,28-26+,29-27+,33-32+,36-34+,39-37+,42-40+. The lowest BCUT2D eigenvalue weighted by molar-refractivity contribution is -0.889. The van der Waals surface area contributed by atoms with Crippen molar-refractivity contribution in [2.24, 2.45) is 0 Å². The van der Waals surface area contributed by atoms with Gasteiger partial charge in [0.2, 0.25) is 0 Å². The van der Waals surface area contributed by atoms with Crippen molar-refractivity contribution in [2.75, 3.05) is 41.0 Å². The third-order valence-electron chi connectivity index (χ3n) is 10.7. The molecule has 69 heavy (non-hydrogen) atoms. The fourth-order valence-electron chi connectivity index (χ4n) is 6.72. The normalized spacial score (nSPS) is 14.0. The summed E-state index contributed by atoms with van der Waals surface area (Å²) in [5.74, 6) is -1.83. The topological polar surface area (TPSA) is 102 Å². The zero-order valence-electron chi connectivity index (χ0n) is 43.9. The molecule has 2 unspecified atom stereocenters. The summed E-state index contributed by atoms with van der Waals surface area (Å²) in [6, 6.07) is -0.748. The summed E-state index contributed by atoms with van der Waals surface area (Å²) in [4.78, 5) is 37.1. The maximum absolute atomic E-state index is 12.8. The van der Waals surface area contributed by atoms with Crippen LogP contribution < -0.4 is 5.11 Å². The van der Waals surface area contributed by atoms with E-state index in [0.717, 1.165) is 128 Å². The molecule has 0 aromatic rings. The van der Waals surface area contributed by atoms with E-state index in [0.29, 0.717) is 12.8 Å². The fourth-order valence-corrected chi connectivity index (χ4v) is 6.72. The van der Waals surface area contributed by atoms with Crippen molar-refractivity contribution in [1.82, 2.24) is 0 Å². The van der Waals surface area contributed by atoms with Crippen LogP contribution in [0.15, 0.2) is 146 Å². The third-order valence-corrected chi connectivity index (χ3v) is 10.7. The van der Waals surface area contributed by atoms with Crippen molar-refractivity contribution < 1.29 is 38.2 Å². The van der Waals surface area contributed by atoms with Crippen molar-refractivity contribution in [2.45, 2.75) is 180 Å². The number of unbranched alkanes of at least 4 members (excludes halogenated alkanes) is 7. The zero-order valence-corrected chi connectivity index (χ0v) is 43.9. The Hall–Kier alpha value is -4.79. The highest BCUT2D eigenvalue weighted by atomic mass is 16.6. The van der Waals surface area contributed by atoms with Crippen molar-refractivity contribution >= 4 is 17.9 Å². The van der Waals surface area contributed by atoms with Gasteiger partial charge in [-0.25, -0.2) is 0 Å². The molecule has 0 spiro atoms. The highest BCUT2D eigenvalue weighted by Crippen LogP contribution is 2.12. The fraction of sp³-hybridized carbons (Fsp3) is 0.557. The third kappa shape index (κ3) is 48.0. The average Bonchev–Trinajstić information content (AvgIpc) is 3.31. The summed E-state index contributed by atoms with van der Waals surface area (Å²) in [5, 5.41) is 11.7. The molecule has 0 rings (SSSR count). The molecule has 0 aliphatic carbocycles. The van der Waals surface area contributed by atoms with Gasteiger partial charge in [-0.3, -0.25) is 9.59 Å². The number of hydrogen-bond donors (Lipinski definition) is 0. The molecular weight excluding hydrogens is 859 g/mol. The molecule has 2 atom stereocenters. The number of quaternary nitrogens is 1. The molecular formula is C61H95NO7. The molecule has 0 amide bonds. The first kappa shape index (κ1) is 64.2. The quantitative estimate of drug-likeness (QED) is 0.0259. The minimum Gasteiger partial charge on any atom is -0.544 e. The molecule has 0 bridgehead atoms. The van der Waals surface area contributed by atoms with Crippen LogP contribution in [0, 0.1) is 0 Å². The van der Waals surface area contributed by atoms with Crippen LogP contribution in [0.1, 0.15) is 168 Å². The molecule has 0 aliphatic heterocycles. The van der Waals surface area contributed by atoms with Crippen LogP contribution in [0.25, 0.3) is 0 Å². The van der Waals surface area contributed by atoms with Gasteiger partial charge in [0.25, 0.3) is 0 Å². The summed E-state index contributed by atoms with van der Waals surface area (Å²) in [5.41, 5.74) is 0. The number of nitrogens with zero attached hydrogens (tertiary/aromatic N) is 1. The second kappa shape index (κ2) is 49.6. The van der Waals surface area contributed by atoms with E-state index in [-0.39, 0.29) is 49.1 Å². The Morgan fingerprint density at radius 1 is 0.435 bits per heavy atom. The number of allylic oxidation sites excluding steroid dienone is 24. The van der Waals surface area contributed by atoms with Crippen molar-refractivity contribution in [1.29, 1.82) is 0 Å². The molecule has 386 valence electrons. The van der Waals surface area contributed by atoms with E-state index in [4.69, 9.17) is 14.2 Å². The second-order valence-electron chi connectivity index (χ2n) is 18.0. The summed E-state index contributed by atoms with van der Waals surface area (Å²) in [6.45, 7) is 4.35. The Morgan fingerprint density at radius 3 is 1.13 bits per heavy atom. The number of likely N-dealkylation sites (N-methyl/N-ethyl adjacent to an activating group) is 1. The minimum atomic E-state index is -1.14. The number of hydrogen-bond acceptors (Lipinski definition) is 7. The van der Waals surface area contributed by atoms with E-state index >= 15 is 0 Å². The largest absolute Gasteiger partial charge is 0.544 e. The number of carbonyl (C=O) groups is 3. The number of rotatable bonds is 45. The first-order valence-electron chi connectivity index (χ1n) is 26.4. The SMILES string of the molecule is CC/C=C/C/C=C/C/C=C/C/C=C/C/C=C/C/C=C/CCCCCCC(=O)OCC(COCCC(C(=O)[O-])[N+](C)(C)C)OC(=O)CCCCC/C=C/C/C=C/C/C=C/C/C=C/C/C=C/C/C=C/CC. The Bertz CT molecular complexity index is 1630. The Morgan fingerprint density at radius 2 is 0.768 bits per heavy atom. The van der Waals surface area contributed by atoms with Crippen LogP contribution >= 0.6 is 0 Å². The predicted molar refractivity (Wildman–Crippen MR) is 290 cm³/mol. The maximum Gasteiger partial charge on any atom is 0.306 e. The molecule has 0 radical (unpaired) electrons. The predicted octanol–water partition coefficient (Wildman–Crippen LogP) is 14.4. The van der Waals surface area contributed by atoms with Gasteiger partial charge in [0, 0.05) is 19.3 Å². The molecule has 8 nitrogen and oxygen atoms in total. The van der Waals surface area contributed by atoms with Gasteiger partial charge >= 0.3 is 11.9 Å². The Kier molecular flexibility index (Phi) is 46.2. The smallest absolute Gasteiger partial charge is 0.306 e. The van der Waals surface area contributed by atoms with Crippen LogP contribution in [0.3, 0.4) is 0 Å². The highest BCUT2D eigenvalue weighted by molar-refractivity contribution is 5.70. The number of esters is 2. The second-order valence-corrected chi connectivity index (χ2v) is 18.0. The lowest BCUT2D eigenvalue weighted by atomic mass is 10.1. The van der Waals surface area contributed by atoms with Gasteiger partial charge in [-0.2, -0.15) is 0 Å². The molecule has 0 aliphatic rings. The van der Waals surface area contributed by atoms with Crippen LogP contribution in [0.2, 0.25) is 0 Å². The first-order valence-corrected chi connectivity index (χ1v) is 26.4. The van der Waals surface area contributed by atoms with Gasteiger partial charge in [0.05, 0.1) is 40.3 Å². The van der Waals surface area contributed by atoms with Crippen LogP contribution in [0.5, 0.6) is 0 Å². The van der Waals surface area contributed by atoms with Gasteiger partial charge in [0.1, 0.15) is 12.6 Å². The summed E-state index contributed by atoms with van der Waals surface area (Å²) in [6.07, 6.45) is 73.1. The molecule has 0 saturated carbocycles. The number of ether oxygens (including phenoxy) is 3. The van der Waals surface area contributed by atoms with E-state index in [2.05, 4.69) is 160 Å². The first-order chi connectivity index (χ1) is 33.6. The molecule has 0 aromatic heterocycles. The van der Waals surface area contributed by atoms with Crippen LogP contribution in [-0.4, -0.2) is 75.5 Å². The lowest BCUT2D eigenvalue weighted by Crippen LogP contribution is -2.55. The number of carbonyl (C=O) groups excluding carboxylic acids is 3. The van der Waals surface area contributed by atoms with Gasteiger partial charge in [-0.1, -0.05) is 179 Å². The van der Waals surface area contributed by atoms with Crippen LogP contribution in [0.4, 0.5) is 0 Å². The number of carboxylic acids is 1. The molecule has 8 heteroatoms. The summed E-state index contributed by atoms with van der Waals surface area (Å²) >= 11 is 0. The lowest BCUT2D eigenvalue weighted by Gasteiger charge is -2.34.